The van der Waals surface area contributed by atoms with Gasteiger partial charge in [0, 0.05) is 49.5 Å². The Bertz CT molecular complexity index is 945. The molecule has 4 rings (SSSR count). The summed E-state index contributed by atoms with van der Waals surface area (Å²) in [6.45, 7) is 7.69. The maximum Gasteiger partial charge on any atom is 0.253 e. The minimum absolute atomic E-state index is 0.101. The monoisotopic (exact) mass is 377 g/mol. The number of benzene rings is 1. The molecule has 1 amide bonds. The van der Waals surface area contributed by atoms with Gasteiger partial charge in [-0.1, -0.05) is 6.07 Å². The SMILES string of the molecule is CCN(CC)c1ccc(C(=O)N2CCCC(c3nnc4ccccn34)C2)cc1. The number of carbonyl (C=O) groups is 1. The van der Waals surface area contributed by atoms with E-state index in [1.807, 2.05) is 58.0 Å². The second kappa shape index (κ2) is 8.00. The van der Waals surface area contributed by atoms with Crippen LogP contribution in [-0.2, 0) is 0 Å². The Hall–Kier alpha value is -2.89. The minimum atomic E-state index is 0.101. The fourth-order valence-electron chi connectivity index (χ4n) is 4.10. The first kappa shape index (κ1) is 18.5. The first-order valence-electron chi connectivity index (χ1n) is 10.1. The zero-order valence-electron chi connectivity index (χ0n) is 16.6. The molecule has 1 aliphatic heterocycles. The largest absolute Gasteiger partial charge is 0.372 e. The van der Waals surface area contributed by atoms with Gasteiger partial charge in [0.15, 0.2) is 5.65 Å². The van der Waals surface area contributed by atoms with Crippen molar-refractivity contribution in [1.29, 1.82) is 0 Å². The number of nitrogens with zero attached hydrogens (tertiary/aromatic N) is 5. The zero-order chi connectivity index (χ0) is 19.5. The third kappa shape index (κ3) is 3.46. The van der Waals surface area contributed by atoms with Crippen LogP contribution in [0, 0.1) is 0 Å². The maximum absolute atomic E-state index is 13.1. The number of aromatic nitrogens is 3. The zero-order valence-corrected chi connectivity index (χ0v) is 16.6. The molecule has 1 fully saturated rings. The molecule has 0 spiro atoms. The van der Waals surface area contributed by atoms with Gasteiger partial charge in [0.1, 0.15) is 5.82 Å². The Morgan fingerprint density at radius 2 is 1.89 bits per heavy atom. The molecule has 3 heterocycles. The summed E-state index contributed by atoms with van der Waals surface area (Å²) in [5.41, 5.74) is 2.77. The lowest BCUT2D eigenvalue weighted by Gasteiger charge is -2.32. The van der Waals surface area contributed by atoms with Crippen LogP contribution in [0.1, 0.15) is 48.8 Å². The highest BCUT2D eigenvalue weighted by Gasteiger charge is 2.28. The van der Waals surface area contributed by atoms with E-state index in [1.54, 1.807) is 0 Å². The Labute approximate surface area is 165 Å². The number of anilines is 1. The van der Waals surface area contributed by atoms with Crippen LogP contribution in [-0.4, -0.2) is 51.6 Å². The van der Waals surface area contributed by atoms with Crippen molar-refractivity contribution in [3.8, 4) is 0 Å². The molecule has 146 valence electrons. The minimum Gasteiger partial charge on any atom is -0.372 e. The molecule has 0 aliphatic carbocycles. The molecule has 1 unspecified atom stereocenters. The summed E-state index contributed by atoms with van der Waals surface area (Å²) < 4.78 is 2.04. The van der Waals surface area contributed by atoms with E-state index in [9.17, 15) is 4.79 Å². The van der Waals surface area contributed by atoms with E-state index in [0.29, 0.717) is 6.54 Å². The highest BCUT2D eigenvalue weighted by Crippen LogP contribution is 2.27. The van der Waals surface area contributed by atoms with Gasteiger partial charge in [-0.15, -0.1) is 10.2 Å². The van der Waals surface area contributed by atoms with Crippen LogP contribution in [0.25, 0.3) is 5.65 Å². The van der Waals surface area contributed by atoms with Gasteiger partial charge >= 0.3 is 0 Å². The highest BCUT2D eigenvalue weighted by molar-refractivity contribution is 5.94. The molecule has 0 saturated carbocycles. The summed E-state index contributed by atoms with van der Waals surface area (Å²) in [4.78, 5) is 17.3. The number of pyridine rings is 1. The first-order valence-corrected chi connectivity index (χ1v) is 10.1. The van der Waals surface area contributed by atoms with Gasteiger partial charge in [-0.3, -0.25) is 9.20 Å². The lowest BCUT2D eigenvalue weighted by Crippen LogP contribution is -2.39. The molecular weight excluding hydrogens is 350 g/mol. The fraction of sp³-hybridized carbons (Fsp3) is 0.409. The number of rotatable bonds is 5. The average Bonchev–Trinajstić information content (AvgIpc) is 3.19. The fourth-order valence-corrected chi connectivity index (χ4v) is 4.10. The van der Waals surface area contributed by atoms with Crippen LogP contribution in [0.5, 0.6) is 0 Å². The van der Waals surface area contributed by atoms with Crippen LogP contribution in [0.2, 0.25) is 0 Å². The van der Waals surface area contributed by atoms with Crippen LogP contribution < -0.4 is 4.90 Å². The maximum atomic E-state index is 13.1. The summed E-state index contributed by atoms with van der Waals surface area (Å²) >= 11 is 0. The van der Waals surface area contributed by atoms with Crippen molar-refractivity contribution >= 4 is 17.2 Å². The lowest BCUT2D eigenvalue weighted by atomic mass is 9.96. The standard InChI is InChI=1S/C22H27N5O/c1-3-25(4-2)19-12-10-17(11-13-19)22(28)26-14-7-8-18(16-26)21-24-23-20-9-5-6-15-27(20)21/h5-6,9-13,15,18H,3-4,7-8,14,16H2,1-2H3. The van der Waals surface area contributed by atoms with Gasteiger partial charge in [-0.05, 0) is 63.1 Å². The molecule has 6 nitrogen and oxygen atoms in total. The molecule has 0 N–H and O–H groups in total. The second-order valence-corrected chi connectivity index (χ2v) is 7.30. The Balaban J connectivity index is 1.50. The van der Waals surface area contributed by atoms with Gasteiger partial charge in [0.05, 0.1) is 0 Å². The summed E-state index contributed by atoms with van der Waals surface area (Å²) in [5, 5.41) is 8.67. The van der Waals surface area contributed by atoms with Gasteiger partial charge < -0.3 is 9.80 Å². The quantitative estimate of drug-likeness (QED) is 0.682. The summed E-state index contributed by atoms with van der Waals surface area (Å²) in [6.07, 6.45) is 4.01. The number of amides is 1. The van der Waals surface area contributed by atoms with E-state index in [2.05, 4.69) is 28.9 Å². The lowest BCUT2D eigenvalue weighted by molar-refractivity contribution is 0.0704. The molecule has 1 saturated heterocycles. The van der Waals surface area contributed by atoms with E-state index < -0.39 is 0 Å². The van der Waals surface area contributed by atoms with Crippen molar-refractivity contribution in [1.82, 2.24) is 19.5 Å². The van der Waals surface area contributed by atoms with Crippen LogP contribution >= 0.6 is 0 Å². The van der Waals surface area contributed by atoms with Gasteiger partial charge in [-0.25, -0.2) is 0 Å². The van der Waals surface area contributed by atoms with E-state index in [0.717, 1.165) is 55.2 Å². The van der Waals surface area contributed by atoms with Crippen LogP contribution in [0.4, 0.5) is 5.69 Å². The van der Waals surface area contributed by atoms with Crippen molar-refractivity contribution < 1.29 is 4.79 Å². The van der Waals surface area contributed by atoms with Crippen LogP contribution in [0.15, 0.2) is 48.7 Å². The number of hydrogen-bond acceptors (Lipinski definition) is 4. The topological polar surface area (TPSA) is 53.7 Å². The number of piperidine rings is 1. The highest BCUT2D eigenvalue weighted by atomic mass is 16.2. The Morgan fingerprint density at radius 3 is 2.64 bits per heavy atom. The predicted molar refractivity (Wildman–Crippen MR) is 111 cm³/mol. The van der Waals surface area contributed by atoms with Crippen LogP contribution in [0.3, 0.4) is 0 Å². The smallest absolute Gasteiger partial charge is 0.253 e. The molecule has 6 heteroatoms. The van der Waals surface area contributed by atoms with Crippen molar-refractivity contribution in [2.75, 3.05) is 31.1 Å². The normalized spacial score (nSPS) is 17.1. The first-order chi connectivity index (χ1) is 13.7. The van der Waals surface area contributed by atoms with Gasteiger partial charge in [-0.2, -0.15) is 0 Å². The molecule has 1 aliphatic rings. The van der Waals surface area contributed by atoms with E-state index in [4.69, 9.17) is 0 Å². The molecule has 1 aromatic carbocycles. The number of hydrogen-bond donors (Lipinski definition) is 0. The van der Waals surface area contributed by atoms with E-state index in [-0.39, 0.29) is 11.8 Å². The molecular formula is C22H27N5O. The van der Waals surface area contributed by atoms with Gasteiger partial charge in [0.2, 0.25) is 0 Å². The molecule has 0 radical (unpaired) electrons. The van der Waals surface area contributed by atoms with Gasteiger partial charge in [0.25, 0.3) is 5.91 Å². The molecule has 28 heavy (non-hydrogen) atoms. The Morgan fingerprint density at radius 1 is 1.11 bits per heavy atom. The van der Waals surface area contributed by atoms with Crippen molar-refractivity contribution in [3.05, 3.63) is 60.0 Å². The number of fused-ring (bicyclic) bond motifs is 1. The number of likely N-dealkylation sites (tertiary alicyclic amines) is 1. The third-order valence-corrected chi connectivity index (χ3v) is 5.66. The van der Waals surface area contributed by atoms with Crippen molar-refractivity contribution in [2.24, 2.45) is 0 Å². The van der Waals surface area contributed by atoms with Crippen molar-refractivity contribution in [2.45, 2.75) is 32.6 Å². The molecule has 3 aromatic rings. The predicted octanol–water partition coefficient (Wildman–Crippen LogP) is 3.60. The average molecular weight is 377 g/mol. The summed E-state index contributed by atoms with van der Waals surface area (Å²) in [5.74, 6) is 1.26. The molecule has 1 atom stereocenters. The summed E-state index contributed by atoms with van der Waals surface area (Å²) in [7, 11) is 0. The van der Waals surface area contributed by atoms with Crippen molar-refractivity contribution in [3.63, 3.8) is 0 Å². The summed E-state index contributed by atoms with van der Waals surface area (Å²) in [6, 6.07) is 13.9. The third-order valence-electron chi connectivity index (χ3n) is 5.66. The molecule has 2 aromatic heterocycles. The second-order valence-electron chi connectivity index (χ2n) is 7.30. The number of carbonyl (C=O) groups excluding carboxylic acids is 1. The van der Waals surface area contributed by atoms with E-state index >= 15 is 0 Å². The molecule has 0 bridgehead atoms. The Kier molecular flexibility index (Phi) is 5.28. The van der Waals surface area contributed by atoms with E-state index in [1.165, 1.54) is 0 Å².